The zero-order valence-electron chi connectivity index (χ0n) is 31.0. The van der Waals surface area contributed by atoms with E-state index < -0.39 is 24.3 Å². The number of likely N-dealkylation sites (tertiary alicyclic amines) is 2. The summed E-state index contributed by atoms with van der Waals surface area (Å²) in [5.74, 6) is 0.817. The molecule has 2 saturated heterocycles. The smallest absolute Gasteiger partial charge is 0.407 e. The Bertz CT molecular complexity index is 1990. The van der Waals surface area contributed by atoms with E-state index in [2.05, 4.69) is 36.6 Å². The summed E-state index contributed by atoms with van der Waals surface area (Å²) in [6.45, 7) is 8.72. The number of nitrogens with zero attached hydrogens (tertiary/aromatic N) is 6. The lowest BCUT2D eigenvalue weighted by atomic mass is 10.0. The predicted octanol–water partition coefficient (Wildman–Crippen LogP) is 5.77. The van der Waals surface area contributed by atoms with Crippen molar-refractivity contribution in [2.75, 3.05) is 27.3 Å². The number of fused-ring (bicyclic) bond motifs is 2. The number of amides is 4. The van der Waals surface area contributed by atoms with E-state index in [4.69, 9.17) is 19.4 Å². The quantitative estimate of drug-likeness (QED) is 0.135. The van der Waals surface area contributed by atoms with Gasteiger partial charge < -0.3 is 39.9 Å². The highest BCUT2D eigenvalue weighted by atomic mass is 32.1. The van der Waals surface area contributed by atoms with Gasteiger partial charge in [-0.3, -0.25) is 9.59 Å². The van der Waals surface area contributed by atoms with E-state index in [9.17, 15) is 19.2 Å². The van der Waals surface area contributed by atoms with Crippen LogP contribution in [0.1, 0.15) is 77.1 Å². The maximum Gasteiger partial charge on any atom is 0.407 e. The Morgan fingerprint density at radius 3 is 1.54 bits per heavy atom. The first kappa shape index (κ1) is 37.2. The summed E-state index contributed by atoms with van der Waals surface area (Å²) >= 11 is 3.09. The van der Waals surface area contributed by atoms with Gasteiger partial charge in [-0.15, -0.1) is 22.7 Å². The Morgan fingerprint density at radius 1 is 0.722 bits per heavy atom. The molecule has 2 fully saturated rings. The van der Waals surface area contributed by atoms with Crippen molar-refractivity contribution in [2.24, 2.45) is 11.8 Å². The fourth-order valence-corrected chi connectivity index (χ4v) is 9.17. The molecule has 0 spiro atoms. The molecule has 54 heavy (non-hydrogen) atoms. The molecule has 2 aliphatic heterocycles. The molecule has 4 amide bonds. The molecule has 5 aromatic rings. The molecule has 286 valence electrons. The van der Waals surface area contributed by atoms with Crippen molar-refractivity contribution in [3.8, 4) is 21.4 Å². The zero-order valence-corrected chi connectivity index (χ0v) is 32.6. The van der Waals surface area contributed by atoms with Crippen LogP contribution in [-0.2, 0) is 19.1 Å². The summed E-state index contributed by atoms with van der Waals surface area (Å²) in [5.41, 5.74) is 3.15. The number of aromatic amines is 2. The third-order valence-electron chi connectivity index (χ3n) is 10.0. The van der Waals surface area contributed by atoms with Gasteiger partial charge in [0, 0.05) is 13.1 Å². The monoisotopic (exact) mass is 776 g/mol. The first-order chi connectivity index (χ1) is 25.9. The van der Waals surface area contributed by atoms with Crippen LogP contribution in [0.5, 0.6) is 0 Å². The van der Waals surface area contributed by atoms with Crippen molar-refractivity contribution in [2.45, 2.75) is 77.5 Å². The van der Waals surface area contributed by atoms with Crippen molar-refractivity contribution in [3.63, 3.8) is 0 Å². The van der Waals surface area contributed by atoms with Crippen LogP contribution in [0.3, 0.4) is 0 Å². The number of alkyl carbamates (subject to hydrolysis) is 2. The summed E-state index contributed by atoms with van der Waals surface area (Å²) in [6.07, 6.45) is 5.42. The molecule has 2 aliphatic rings. The second kappa shape index (κ2) is 15.3. The largest absolute Gasteiger partial charge is 0.453 e. The molecular weight excluding hydrogens is 733 g/mol. The number of H-pyrrole nitrogens is 2. The number of benzene rings is 1. The van der Waals surface area contributed by atoms with Gasteiger partial charge in [0.2, 0.25) is 11.8 Å². The molecular formula is C36H44N10O6S2. The minimum Gasteiger partial charge on any atom is -0.453 e. The summed E-state index contributed by atoms with van der Waals surface area (Å²) in [4.78, 5) is 80.6. The van der Waals surface area contributed by atoms with Crippen LogP contribution in [0.2, 0.25) is 0 Å². The highest BCUT2D eigenvalue weighted by Crippen LogP contribution is 2.39. The van der Waals surface area contributed by atoms with Gasteiger partial charge in [0.15, 0.2) is 0 Å². The highest BCUT2D eigenvalue weighted by Gasteiger charge is 2.39. The van der Waals surface area contributed by atoms with Crippen molar-refractivity contribution >= 4 is 67.1 Å². The van der Waals surface area contributed by atoms with E-state index in [0.717, 1.165) is 67.5 Å². The van der Waals surface area contributed by atoms with Gasteiger partial charge in [0.25, 0.3) is 0 Å². The van der Waals surface area contributed by atoms with Crippen LogP contribution < -0.4 is 10.6 Å². The molecule has 6 heterocycles. The number of rotatable bonds is 10. The van der Waals surface area contributed by atoms with Gasteiger partial charge in [0.05, 0.1) is 70.5 Å². The Balaban J connectivity index is 1.07. The first-order valence-corrected chi connectivity index (χ1v) is 19.7. The van der Waals surface area contributed by atoms with Crippen LogP contribution in [0.25, 0.3) is 41.8 Å². The number of methoxy groups -OCH3 is 2. The molecule has 16 nitrogen and oxygen atoms in total. The minimum absolute atomic E-state index is 0.119. The van der Waals surface area contributed by atoms with Gasteiger partial charge >= 0.3 is 12.2 Å². The van der Waals surface area contributed by atoms with E-state index >= 15 is 0 Å². The molecule has 7 rings (SSSR count). The molecule has 0 radical (unpaired) electrons. The number of aromatic nitrogens is 6. The van der Waals surface area contributed by atoms with Crippen LogP contribution >= 0.6 is 22.7 Å². The van der Waals surface area contributed by atoms with Crippen LogP contribution in [0.15, 0.2) is 24.5 Å². The molecule has 0 bridgehead atoms. The SMILES string of the molecule is COC(=O)NC(C(=O)N1CCCC1c1ncc(-c2nc3cc4nc(-c5cnc(C6CCCN6C(=O)C(NC(=O)OC)C(C)C)[nH]5)sc4cc3s2)[nH]1)C(C)C. The third-order valence-corrected chi connectivity index (χ3v) is 12.1. The van der Waals surface area contributed by atoms with Crippen molar-refractivity contribution in [1.29, 1.82) is 0 Å². The number of thiazole rings is 2. The lowest BCUT2D eigenvalue weighted by Gasteiger charge is -2.29. The maximum atomic E-state index is 13.6. The lowest BCUT2D eigenvalue weighted by molar-refractivity contribution is -0.136. The molecule has 4 atom stereocenters. The molecule has 4 N–H and O–H groups in total. The van der Waals surface area contributed by atoms with Gasteiger partial charge in [-0.25, -0.2) is 29.5 Å². The number of imidazole rings is 2. The topological polar surface area (TPSA) is 200 Å². The van der Waals surface area contributed by atoms with Gasteiger partial charge in [-0.05, 0) is 49.7 Å². The van der Waals surface area contributed by atoms with Gasteiger partial charge in [-0.1, -0.05) is 27.7 Å². The van der Waals surface area contributed by atoms with E-state index in [1.807, 2.05) is 33.8 Å². The molecule has 4 unspecified atom stereocenters. The maximum absolute atomic E-state index is 13.6. The Hall–Kier alpha value is -5.10. The Kier molecular flexibility index (Phi) is 10.6. The molecule has 0 saturated carbocycles. The molecule has 1 aromatic carbocycles. The number of carbonyl (C=O) groups excluding carboxylic acids is 4. The number of nitrogens with one attached hydrogen (secondary N) is 4. The average molecular weight is 777 g/mol. The summed E-state index contributed by atoms with van der Waals surface area (Å²) < 4.78 is 11.5. The van der Waals surface area contributed by atoms with Crippen molar-refractivity contribution in [3.05, 3.63) is 36.2 Å². The third kappa shape index (κ3) is 7.23. The fourth-order valence-electron chi connectivity index (χ4n) is 7.20. The lowest BCUT2D eigenvalue weighted by Crippen LogP contribution is -2.51. The van der Waals surface area contributed by atoms with E-state index in [0.29, 0.717) is 24.7 Å². The second-order valence-electron chi connectivity index (χ2n) is 14.3. The van der Waals surface area contributed by atoms with Crippen LogP contribution in [-0.4, -0.2) is 103 Å². The molecule has 18 heteroatoms. The van der Waals surface area contributed by atoms with E-state index in [1.165, 1.54) is 14.2 Å². The van der Waals surface area contributed by atoms with E-state index in [-0.39, 0.29) is 35.7 Å². The number of hydrogen-bond acceptors (Lipinski definition) is 12. The zero-order chi connectivity index (χ0) is 38.3. The summed E-state index contributed by atoms with van der Waals surface area (Å²) in [7, 11) is 2.57. The summed E-state index contributed by atoms with van der Waals surface area (Å²) in [5, 5.41) is 6.93. The number of carbonyl (C=O) groups is 4. The van der Waals surface area contributed by atoms with Crippen molar-refractivity contribution in [1.82, 2.24) is 50.3 Å². The highest BCUT2D eigenvalue weighted by molar-refractivity contribution is 7.23. The van der Waals surface area contributed by atoms with Gasteiger partial charge in [-0.2, -0.15) is 0 Å². The number of ether oxygens (including phenoxy) is 2. The normalized spacial score (nSPS) is 18.5. The Morgan fingerprint density at radius 2 is 1.15 bits per heavy atom. The first-order valence-electron chi connectivity index (χ1n) is 18.1. The average Bonchev–Trinajstić information content (AvgIpc) is 4.00. The standard InChI is InChI=1S/C36H44N10O6S2/c1-17(2)27(43-35(49)51-5)33(47)45-11-7-9-23(45)29-37-15-21(39-29)31-41-19-13-20-26(14-25(19)53-31)54-32(42-20)22-16-38-30(40-22)24-10-8-12-46(24)34(48)28(18(3)4)44-36(50)52-6/h13-18,23-24,27-28H,7-12H2,1-6H3,(H,37,39)(H,38,40)(H,43,49)(H,44,50). The van der Waals surface area contributed by atoms with Gasteiger partial charge in [0.1, 0.15) is 33.7 Å². The van der Waals surface area contributed by atoms with E-state index in [1.54, 1.807) is 44.9 Å². The Labute approximate surface area is 319 Å². The minimum atomic E-state index is -0.704. The van der Waals surface area contributed by atoms with Crippen molar-refractivity contribution < 1.29 is 28.7 Å². The molecule has 0 aliphatic carbocycles. The fraction of sp³-hybridized carbons (Fsp3) is 0.500. The van der Waals surface area contributed by atoms with Crippen LogP contribution in [0.4, 0.5) is 9.59 Å². The molecule has 4 aromatic heterocycles. The predicted molar refractivity (Wildman–Crippen MR) is 204 cm³/mol. The number of hydrogen-bond donors (Lipinski definition) is 4. The van der Waals surface area contributed by atoms with Crippen LogP contribution in [0, 0.1) is 11.8 Å². The summed E-state index contributed by atoms with van der Waals surface area (Å²) in [6, 6.07) is 2.18. The second-order valence-corrected chi connectivity index (χ2v) is 16.3.